The molecule has 0 saturated carbocycles. The maximum Gasteiger partial charge on any atom is 0.303 e. The van der Waals surface area contributed by atoms with Gasteiger partial charge in [0.1, 0.15) is 24.7 Å². The van der Waals surface area contributed by atoms with E-state index >= 15 is 0 Å². The van der Waals surface area contributed by atoms with E-state index in [0.717, 1.165) is 34.2 Å². The summed E-state index contributed by atoms with van der Waals surface area (Å²) in [6.45, 7) is 9.28. The van der Waals surface area contributed by atoms with Crippen molar-refractivity contribution in [3.05, 3.63) is 56.8 Å². The first-order valence-electron chi connectivity index (χ1n) is 9.30. The van der Waals surface area contributed by atoms with E-state index in [9.17, 15) is 14.9 Å². The van der Waals surface area contributed by atoms with Crippen LogP contribution in [0, 0.1) is 30.9 Å². The molecule has 2 aromatic rings. The zero-order valence-corrected chi connectivity index (χ0v) is 17.1. The lowest BCUT2D eigenvalue weighted by Crippen LogP contribution is -2.55. The Hall–Kier alpha value is -3.16. The maximum atomic E-state index is 11.7. The van der Waals surface area contributed by atoms with Crippen molar-refractivity contribution in [1.82, 2.24) is 4.98 Å². The molecule has 2 atom stereocenters. The molecule has 3 rings (SSSR count). The summed E-state index contributed by atoms with van der Waals surface area (Å²) in [5.41, 5.74) is 3.18. The lowest BCUT2D eigenvalue weighted by atomic mass is 9.85. The van der Waals surface area contributed by atoms with Gasteiger partial charge in [-0.3, -0.25) is 14.9 Å². The fourth-order valence-electron chi connectivity index (χ4n) is 3.47. The minimum atomic E-state index is -0.951. The lowest BCUT2D eigenvalue weighted by Gasteiger charge is -2.42. The van der Waals surface area contributed by atoms with E-state index in [4.69, 9.17) is 14.2 Å². The van der Waals surface area contributed by atoms with Crippen molar-refractivity contribution < 1.29 is 23.9 Å². The molecule has 0 N–H and O–H groups in total. The van der Waals surface area contributed by atoms with Gasteiger partial charge in [0.15, 0.2) is 5.60 Å². The number of benzene rings is 1. The fraction of sp³-hybridized carbons (Fsp3) is 0.429. The topological polar surface area (TPSA) is 101 Å². The Kier molecular flexibility index (Phi) is 5.46. The highest BCUT2D eigenvalue weighted by Gasteiger charge is 2.45. The van der Waals surface area contributed by atoms with Crippen LogP contribution in [0.25, 0.3) is 0 Å². The lowest BCUT2D eigenvalue weighted by molar-refractivity contribution is -0.385. The fourth-order valence-corrected chi connectivity index (χ4v) is 3.47. The highest BCUT2D eigenvalue weighted by molar-refractivity contribution is 5.66. The first-order chi connectivity index (χ1) is 13.6. The van der Waals surface area contributed by atoms with Crippen molar-refractivity contribution in [1.29, 1.82) is 0 Å². The average Bonchev–Trinajstić information content (AvgIpc) is 2.66. The molecule has 0 saturated heterocycles. The molecule has 154 valence electrons. The summed E-state index contributed by atoms with van der Waals surface area (Å²) < 4.78 is 17.7. The Bertz CT molecular complexity index is 957. The number of rotatable bonds is 5. The second kappa shape index (κ2) is 7.69. The van der Waals surface area contributed by atoms with Gasteiger partial charge in [-0.15, -0.1) is 0 Å². The number of nitrogens with zero attached hydrogens (tertiary/aromatic N) is 2. The van der Waals surface area contributed by atoms with Gasteiger partial charge in [-0.1, -0.05) is 6.07 Å². The minimum absolute atomic E-state index is 0.0572. The quantitative estimate of drug-likeness (QED) is 0.429. The van der Waals surface area contributed by atoms with E-state index in [2.05, 4.69) is 11.1 Å². The van der Waals surface area contributed by atoms with E-state index in [0.29, 0.717) is 6.42 Å². The number of fused-ring (bicyclic) bond motifs is 1. The van der Waals surface area contributed by atoms with Crippen LogP contribution in [0.1, 0.15) is 36.1 Å². The van der Waals surface area contributed by atoms with Crippen molar-refractivity contribution >= 4 is 11.7 Å². The Morgan fingerprint density at radius 3 is 2.66 bits per heavy atom. The Morgan fingerprint density at radius 1 is 1.34 bits per heavy atom. The molecule has 2 heterocycles. The van der Waals surface area contributed by atoms with Crippen LogP contribution >= 0.6 is 0 Å². The van der Waals surface area contributed by atoms with Gasteiger partial charge in [-0.25, -0.2) is 4.98 Å². The van der Waals surface area contributed by atoms with Crippen molar-refractivity contribution in [2.45, 2.75) is 52.7 Å². The van der Waals surface area contributed by atoms with Gasteiger partial charge in [0.2, 0.25) is 5.88 Å². The summed E-state index contributed by atoms with van der Waals surface area (Å²) in [5, 5.41) is 10.8. The predicted molar refractivity (Wildman–Crippen MR) is 105 cm³/mol. The molecule has 0 radical (unpaired) electrons. The highest BCUT2D eigenvalue weighted by Crippen LogP contribution is 2.40. The normalized spacial score (nSPS) is 20.4. The standard InChI is InChI=1S/C21H24N2O6/c1-12-8-13(2)17-9-18(28-15(4)24)21(5,29-20(17)14(12)3)11-27-19-7-6-16(10-22-19)23(25)26/h6-8,10,18H,9,11H2,1-5H3. The third-order valence-electron chi connectivity index (χ3n) is 5.27. The molecule has 0 bridgehead atoms. The van der Waals surface area contributed by atoms with Crippen LogP contribution in [0.4, 0.5) is 5.69 Å². The molecule has 0 amide bonds. The van der Waals surface area contributed by atoms with E-state index < -0.39 is 22.6 Å². The van der Waals surface area contributed by atoms with Crippen molar-refractivity contribution in [3.63, 3.8) is 0 Å². The molecule has 0 aliphatic carbocycles. The monoisotopic (exact) mass is 400 g/mol. The van der Waals surface area contributed by atoms with Crippen LogP contribution in [0.15, 0.2) is 24.4 Å². The number of carbonyl (C=O) groups is 1. The van der Waals surface area contributed by atoms with Gasteiger partial charge in [0.25, 0.3) is 5.69 Å². The molecule has 2 unspecified atom stereocenters. The first kappa shape index (κ1) is 20.6. The number of pyridine rings is 1. The molecule has 8 nitrogen and oxygen atoms in total. The average molecular weight is 400 g/mol. The Morgan fingerprint density at radius 2 is 2.07 bits per heavy atom. The summed E-state index contributed by atoms with van der Waals surface area (Å²) >= 11 is 0. The Labute approximate surface area is 169 Å². The minimum Gasteiger partial charge on any atom is -0.479 e. The third-order valence-corrected chi connectivity index (χ3v) is 5.27. The van der Waals surface area contributed by atoms with Crippen LogP contribution in [-0.2, 0) is 16.0 Å². The molecule has 29 heavy (non-hydrogen) atoms. The van der Waals surface area contributed by atoms with Crippen LogP contribution < -0.4 is 9.47 Å². The second-order valence-corrected chi connectivity index (χ2v) is 7.56. The highest BCUT2D eigenvalue weighted by atomic mass is 16.6. The third kappa shape index (κ3) is 4.16. The SMILES string of the molecule is CC(=O)OC1Cc2c(C)cc(C)c(C)c2OC1(C)COc1ccc([N+](=O)[O-])cn1. The van der Waals surface area contributed by atoms with Gasteiger partial charge < -0.3 is 14.2 Å². The molecule has 1 aliphatic rings. The molecular formula is C21H24N2O6. The summed E-state index contributed by atoms with van der Waals surface area (Å²) in [7, 11) is 0. The van der Waals surface area contributed by atoms with Crippen molar-refractivity contribution in [3.8, 4) is 11.6 Å². The number of nitro groups is 1. The number of aryl methyl sites for hydroxylation is 2. The zero-order chi connectivity index (χ0) is 21.3. The number of aromatic nitrogens is 1. The number of hydrogen-bond acceptors (Lipinski definition) is 7. The number of esters is 1. The molecular weight excluding hydrogens is 376 g/mol. The first-order valence-corrected chi connectivity index (χ1v) is 9.30. The molecule has 1 aliphatic heterocycles. The number of carbonyl (C=O) groups excluding carboxylic acids is 1. The van der Waals surface area contributed by atoms with Crippen LogP contribution in [0.2, 0.25) is 0 Å². The largest absolute Gasteiger partial charge is 0.479 e. The number of hydrogen-bond donors (Lipinski definition) is 0. The van der Waals surface area contributed by atoms with E-state index in [-0.39, 0.29) is 18.2 Å². The predicted octanol–water partition coefficient (Wildman–Crippen LogP) is 3.62. The van der Waals surface area contributed by atoms with Crippen molar-refractivity contribution in [2.75, 3.05) is 6.61 Å². The van der Waals surface area contributed by atoms with Crippen molar-refractivity contribution in [2.24, 2.45) is 0 Å². The summed E-state index contributed by atoms with van der Waals surface area (Å²) in [5.74, 6) is 0.613. The van der Waals surface area contributed by atoms with E-state index in [1.54, 1.807) is 0 Å². The molecule has 8 heteroatoms. The van der Waals surface area contributed by atoms with E-state index in [1.165, 1.54) is 19.1 Å². The van der Waals surface area contributed by atoms with E-state index in [1.807, 2.05) is 27.7 Å². The number of ether oxygens (including phenoxy) is 3. The molecule has 0 fully saturated rings. The second-order valence-electron chi connectivity index (χ2n) is 7.56. The van der Waals surface area contributed by atoms with Gasteiger partial charge in [0.05, 0.1) is 4.92 Å². The summed E-state index contributed by atoms with van der Waals surface area (Å²) in [4.78, 5) is 25.9. The molecule has 0 spiro atoms. The Balaban J connectivity index is 1.89. The zero-order valence-electron chi connectivity index (χ0n) is 17.1. The van der Waals surface area contributed by atoms with Gasteiger partial charge in [-0.2, -0.15) is 0 Å². The van der Waals surface area contributed by atoms with Gasteiger partial charge >= 0.3 is 5.97 Å². The molecule has 1 aromatic heterocycles. The van der Waals surface area contributed by atoms with Crippen LogP contribution in [-0.4, -0.2) is 34.2 Å². The van der Waals surface area contributed by atoms with Gasteiger partial charge in [-0.05, 0) is 44.4 Å². The molecule has 1 aromatic carbocycles. The van der Waals surface area contributed by atoms with Crippen LogP contribution in [0.5, 0.6) is 11.6 Å². The summed E-state index contributed by atoms with van der Waals surface area (Å²) in [6.07, 6.45) is 1.09. The maximum absolute atomic E-state index is 11.7. The smallest absolute Gasteiger partial charge is 0.303 e. The van der Waals surface area contributed by atoms with Gasteiger partial charge in [0, 0.05) is 31.0 Å². The van der Waals surface area contributed by atoms with Crippen LogP contribution in [0.3, 0.4) is 0 Å². The summed E-state index contributed by atoms with van der Waals surface area (Å²) in [6, 6.07) is 4.85.